The summed E-state index contributed by atoms with van der Waals surface area (Å²) in [7, 11) is 0. The number of piperazine rings is 1. The van der Waals surface area contributed by atoms with Gasteiger partial charge in [0.15, 0.2) is 0 Å². The second-order valence-corrected chi connectivity index (χ2v) is 4.74. The zero-order valence-electron chi connectivity index (χ0n) is 11.6. The molecular formula is C15H19N3O2. The Bertz CT molecular complexity index is 520. The van der Waals surface area contributed by atoms with Gasteiger partial charge in [0.05, 0.1) is 0 Å². The van der Waals surface area contributed by atoms with Crippen LogP contribution in [0.4, 0.5) is 11.4 Å². The average molecular weight is 273 g/mol. The highest BCUT2D eigenvalue weighted by atomic mass is 16.2. The highest BCUT2D eigenvalue weighted by Gasteiger charge is 2.18. The first kappa shape index (κ1) is 14.1. The standard InChI is InChI=1S/C15H19N3O2/c1-3-15(20)16-13-5-4-6-14(11-13)18-9-7-17(8-10-18)12(2)19/h3-6,11H,1,7-10H2,2H3,(H,16,20). The fourth-order valence-electron chi connectivity index (χ4n) is 2.25. The highest BCUT2D eigenvalue weighted by molar-refractivity contribution is 5.99. The van der Waals surface area contributed by atoms with Crippen LogP contribution in [0.2, 0.25) is 0 Å². The minimum Gasteiger partial charge on any atom is -0.368 e. The number of nitrogens with zero attached hydrogens (tertiary/aromatic N) is 2. The van der Waals surface area contributed by atoms with Crippen molar-refractivity contribution in [1.29, 1.82) is 0 Å². The van der Waals surface area contributed by atoms with E-state index in [1.165, 1.54) is 6.08 Å². The van der Waals surface area contributed by atoms with Crippen LogP contribution in [0.1, 0.15) is 6.92 Å². The molecule has 20 heavy (non-hydrogen) atoms. The van der Waals surface area contributed by atoms with Gasteiger partial charge in [-0.3, -0.25) is 9.59 Å². The van der Waals surface area contributed by atoms with Gasteiger partial charge in [-0.1, -0.05) is 12.6 Å². The Labute approximate surface area is 118 Å². The van der Waals surface area contributed by atoms with Gasteiger partial charge in [0.25, 0.3) is 0 Å². The number of nitrogens with one attached hydrogen (secondary N) is 1. The van der Waals surface area contributed by atoms with Crippen LogP contribution in [0, 0.1) is 0 Å². The highest BCUT2D eigenvalue weighted by Crippen LogP contribution is 2.21. The smallest absolute Gasteiger partial charge is 0.247 e. The number of carbonyl (C=O) groups is 2. The summed E-state index contributed by atoms with van der Waals surface area (Å²) in [5.74, 6) is -0.0970. The molecule has 0 unspecified atom stereocenters. The van der Waals surface area contributed by atoms with Crippen LogP contribution in [0.3, 0.4) is 0 Å². The van der Waals surface area contributed by atoms with Crippen molar-refractivity contribution in [3.8, 4) is 0 Å². The molecule has 1 saturated heterocycles. The van der Waals surface area contributed by atoms with Crippen molar-refractivity contribution in [3.05, 3.63) is 36.9 Å². The van der Waals surface area contributed by atoms with E-state index in [9.17, 15) is 9.59 Å². The quantitative estimate of drug-likeness (QED) is 0.849. The summed E-state index contributed by atoms with van der Waals surface area (Å²) < 4.78 is 0. The maximum absolute atomic E-state index is 11.3. The molecule has 0 spiro atoms. The van der Waals surface area contributed by atoms with E-state index in [-0.39, 0.29) is 11.8 Å². The third kappa shape index (κ3) is 3.38. The molecule has 5 nitrogen and oxygen atoms in total. The Hall–Kier alpha value is -2.30. The molecule has 1 fully saturated rings. The average Bonchev–Trinajstić information content (AvgIpc) is 2.47. The summed E-state index contributed by atoms with van der Waals surface area (Å²) in [4.78, 5) is 26.7. The van der Waals surface area contributed by atoms with E-state index in [4.69, 9.17) is 0 Å². The molecule has 1 aliphatic heterocycles. The van der Waals surface area contributed by atoms with E-state index in [0.29, 0.717) is 0 Å². The van der Waals surface area contributed by atoms with Crippen LogP contribution in [0.25, 0.3) is 0 Å². The topological polar surface area (TPSA) is 52.7 Å². The van der Waals surface area contributed by atoms with Crippen LogP contribution >= 0.6 is 0 Å². The molecule has 0 radical (unpaired) electrons. The number of hydrogen-bond donors (Lipinski definition) is 1. The molecule has 5 heteroatoms. The van der Waals surface area contributed by atoms with E-state index in [1.54, 1.807) is 6.92 Å². The predicted octanol–water partition coefficient (Wildman–Crippen LogP) is 1.48. The molecule has 2 rings (SSSR count). The van der Waals surface area contributed by atoms with Gasteiger partial charge in [0.1, 0.15) is 0 Å². The van der Waals surface area contributed by atoms with Gasteiger partial charge >= 0.3 is 0 Å². The first-order chi connectivity index (χ1) is 9.60. The summed E-state index contributed by atoms with van der Waals surface area (Å²) in [6.07, 6.45) is 1.25. The maximum atomic E-state index is 11.3. The SMILES string of the molecule is C=CC(=O)Nc1cccc(N2CCN(C(C)=O)CC2)c1. The number of hydrogen-bond acceptors (Lipinski definition) is 3. The molecule has 2 amide bonds. The minimum atomic E-state index is -0.219. The molecule has 0 saturated carbocycles. The van der Waals surface area contributed by atoms with Crippen LogP contribution in [0.5, 0.6) is 0 Å². The first-order valence-corrected chi connectivity index (χ1v) is 6.64. The fourth-order valence-corrected chi connectivity index (χ4v) is 2.25. The van der Waals surface area contributed by atoms with Gasteiger partial charge in [-0.15, -0.1) is 0 Å². The lowest BCUT2D eigenvalue weighted by molar-refractivity contribution is -0.129. The second-order valence-electron chi connectivity index (χ2n) is 4.74. The van der Waals surface area contributed by atoms with Crippen molar-refractivity contribution < 1.29 is 9.59 Å². The zero-order valence-corrected chi connectivity index (χ0v) is 11.6. The summed E-state index contributed by atoms with van der Waals surface area (Å²) >= 11 is 0. The van der Waals surface area contributed by atoms with Gasteiger partial charge in [0.2, 0.25) is 11.8 Å². The van der Waals surface area contributed by atoms with Crippen LogP contribution < -0.4 is 10.2 Å². The number of anilines is 2. The summed E-state index contributed by atoms with van der Waals surface area (Å²) in [5.41, 5.74) is 1.80. The van der Waals surface area contributed by atoms with Crippen molar-refractivity contribution in [3.63, 3.8) is 0 Å². The Morgan fingerprint density at radius 1 is 1.25 bits per heavy atom. The molecule has 0 atom stereocenters. The lowest BCUT2D eigenvalue weighted by Gasteiger charge is -2.35. The second kappa shape index (κ2) is 6.23. The zero-order chi connectivity index (χ0) is 14.5. The molecule has 106 valence electrons. The summed E-state index contributed by atoms with van der Waals surface area (Å²) in [6, 6.07) is 7.69. The van der Waals surface area contributed by atoms with Crippen molar-refractivity contribution in [2.45, 2.75) is 6.92 Å². The Balaban J connectivity index is 2.03. The molecule has 1 aromatic carbocycles. The molecule has 0 aromatic heterocycles. The molecule has 1 aliphatic rings. The van der Waals surface area contributed by atoms with Gasteiger partial charge in [-0.2, -0.15) is 0 Å². The van der Waals surface area contributed by atoms with E-state index < -0.39 is 0 Å². The van der Waals surface area contributed by atoms with E-state index in [2.05, 4.69) is 16.8 Å². The van der Waals surface area contributed by atoms with Gasteiger partial charge in [0, 0.05) is 44.5 Å². The van der Waals surface area contributed by atoms with Crippen LogP contribution in [-0.2, 0) is 9.59 Å². The normalized spacial score (nSPS) is 14.8. The van der Waals surface area contributed by atoms with Crippen molar-refractivity contribution in [2.24, 2.45) is 0 Å². The Morgan fingerprint density at radius 2 is 1.95 bits per heavy atom. The molecule has 1 aromatic rings. The largest absolute Gasteiger partial charge is 0.368 e. The lowest BCUT2D eigenvalue weighted by atomic mass is 10.2. The molecule has 0 aliphatic carbocycles. The monoisotopic (exact) mass is 273 g/mol. The van der Waals surface area contributed by atoms with Gasteiger partial charge in [-0.05, 0) is 24.3 Å². The molecule has 1 heterocycles. The van der Waals surface area contributed by atoms with Gasteiger partial charge in [-0.25, -0.2) is 0 Å². The number of carbonyl (C=O) groups excluding carboxylic acids is 2. The van der Waals surface area contributed by atoms with Crippen LogP contribution in [-0.4, -0.2) is 42.9 Å². The van der Waals surface area contributed by atoms with E-state index in [1.807, 2.05) is 29.2 Å². The van der Waals surface area contributed by atoms with E-state index in [0.717, 1.165) is 37.6 Å². The lowest BCUT2D eigenvalue weighted by Crippen LogP contribution is -2.48. The van der Waals surface area contributed by atoms with Crippen LogP contribution in [0.15, 0.2) is 36.9 Å². The Morgan fingerprint density at radius 3 is 2.55 bits per heavy atom. The fraction of sp³-hybridized carbons (Fsp3) is 0.333. The summed E-state index contributed by atoms with van der Waals surface area (Å²) in [6.45, 7) is 8.11. The Kier molecular flexibility index (Phi) is 4.40. The third-order valence-corrected chi connectivity index (χ3v) is 3.39. The molecule has 0 bridgehead atoms. The number of rotatable bonds is 3. The molecular weight excluding hydrogens is 254 g/mol. The minimum absolute atomic E-state index is 0.122. The first-order valence-electron chi connectivity index (χ1n) is 6.64. The van der Waals surface area contributed by atoms with Gasteiger partial charge < -0.3 is 15.1 Å². The van der Waals surface area contributed by atoms with Crippen molar-refractivity contribution >= 4 is 23.2 Å². The van der Waals surface area contributed by atoms with Crippen molar-refractivity contribution in [2.75, 3.05) is 36.4 Å². The summed E-state index contributed by atoms with van der Waals surface area (Å²) in [5, 5.41) is 2.75. The van der Waals surface area contributed by atoms with Crippen molar-refractivity contribution in [1.82, 2.24) is 4.90 Å². The maximum Gasteiger partial charge on any atom is 0.247 e. The third-order valence-electron chi connectivity index (χ3n) is 3.39. The predicted molar refractivity (Wildman–Crippen MR) is 79.7 cm³/mol. The number of benzene rings is 1. The number of amides is 2. The van der Waals surface area contributed by atoms with E-state index >= 15 is 0 Å². The molecule has 1 N–H and O–H groups in total.